The summed E-state index contributed by atoms with van der Waals surface area (Å²) < 4.78 is 6.99. The molecular formula is C18H19N5O2S2. The molecule has 1 aromatic carbocycles. The fourth-order valence-electron chi connectivity index (χ4n) is 2.90. The lowest BCUT2D eigenvalue weighted by Gasteiger charge is -2.22. The zero-order valence-electron chi connectivity index (χ0n) is 14.8. The Labute approximate surface area is 165 Å². The van der Waals surface area contributed by atoms with Gasteiger partial charge in [0.15, 0.2) is 0 Å². The molecule has 1 atom stereocenters. The van der Waals surface area contributed by atoms with Gasteiger partial charge in [-0.25, -0.2) is 4.68 Å². The highest BCUT2D eigenvalue weighted by molar-refractivity contribution is 8.00. The second kappa shape index (κ2) is 8.18. The zero-order valence-corrected chi connectivity index (χ0v) is 16.4. The van der Waals surface area contributed by atoms with Gasteiger partial charge in [0.05, 0.1) is 17.7 Å². The van der Waals surface area contributed by atoms with E-state index in [2.05, 4.69) is 28.5 Å². The van der Waals surface area contributed by atoms with Crippen molar-refractivity contribution < 1.29 is 9.21 Å². The Morgan fingerprint density at radius 2 is 2.22 bits per heavy atom. The van der Waals surface area contributed by atoms with E-state index >= 15 is 0 Å². The molecule has 0 spiro atoms. The second-order valence-electron chi connectivity index (χ2n) is 6.22. The second-order valence-corrected chi connectivity index (χ2v) is 8.64. The Morgan fingerprint density at radius 3 is 3.07 bits per heavy atom. The largest absolute Gasteiger partial charge is 0.467 e. The van der Waals surface area contributed by atoms with Gasteiger partial charge in [-0.05, 0) is 41.1 Å². The Hall–Kier alpha value is -2.26. The van der Waals surface area contributed by atoms with Gasteiger partial charge in [-0.3, -0.25) is 4.79 Å². The molecule has 0 saturated heterocycles. The van der Waals surface area contributed by atoms with Crippen molar-refractivity contribution >= 4 is 35.1 Å². The van der Waals surface area contributed by atoms with Crippen molar-refractivity contribution in [1.82, 2.24) is 20.2 Å². The number of hydrogen-bond donors (Lipinski definition) is 0. The molecule has 2 aromatic heterocycles. The number of carbonyl (C=O) groups is 1. The monoisotopic (exact) mass is 401 g/mol. The number of anilines is 1. The summed E-state index contributed by atoms with van der Waals surface area (Å²) in [4.78, 5) is 16.0. The smallest absolute Gasteiger partial charge is 0.237 e. The number of fused-ring (bicyclic) bond motifs is 1. The van der Waals surface area contributed by atoms with Crippen molar-refractivity contribution in [2.24, 2.45) is 0 Å². The van der Waals surface area contributed by atoms with Crippen LogP contribution in [0, 0.1) is 0 Å². The Kier molecular flexibility index (Phi) is 5.49. The van der Waals surface area contributed by atoms with Gasteiger partial charge in [-0.15, -0.1) is 16.9 Å². The van der Waals surface area contributed by atoms with E-state index < -0.39 is 0 Å². The summed E-state index contributed by atoms with van der Waals surface area (Å²) in [5.74, 6) is 1.11. The predicted octanol–water partition coefficient (Wildman–Crippen LogP) is 3.32. The summed E-state index contributed by atoms with van der Waals surface area (Å²) in [6.07, 6.45) is 2.58. The highest BCUT2D eigenvalue weighted by Gasteiger charge is 2.24. The highest BCUT2D eigenvalue weighted by Crippen LogP contribution is 2.37. The zero-order chi connectivity index (χ0) is 18.6. The van der Waals surface area contributed by atoms with E-state index in [-0.39, 0.29) is 11.7 Å². The maximum absolute atomic E-state index is 12.9. The van der Waals surface area contributed by atoms with E-state index in [0.717, 1.165) is 29.3 Å². The molecule has 0 fully saturated rings. The molecule has 1 unspecified atom stereocenters. The molecule has 0 N–H and O–H groups in total. The molecule has 7 nitrogen and oxygen atoms in total. The number of hydrogen-bond acceptors (Lipinski definition) is 7. The van der Waals surface area contributed by atoms with Crippen molar-refractivity contribution in [3.05, 3.63) is 48.4 Å². The maximum atomic E-state index is 12.9. The standard InChI is InChI=1S/C18H19N5O2S2/c1-13-8-9-22(15-6-2-3-7-16(15)27-13)17(24)12-26-18-19-20-21-23(18)11-14-5-4-10-25-14/h2-7,10,13H,8-9,11-12H2,1H3. The van der Waals surface area contributed by atoms with Crippen LogP contribution in [0.5, 0.6) is 0 Å². The molecule has 0 bridgehead atoms. The van der Waals surface area contributed by atoms with Crippen molar-refractivity contribution in [1.29, 1.82) is 0 Å². The fourth-order valence-corrected chi connectivity index (χ4v) is 4.76. The van der Waals surface area contributed by atoms with E-state index in [1.807, 2.05) is 47.0 Å². The van der Waals surface area contributed by atoms with Gasteiger partial charge < -0.3 is 9.32 Å². The lowest BCUT2D eigenvalue weighted by molar-refractivity contribution is -0.116. The first-order valence-electron chi connectivity index (χ1n) is 8.68. The van der Waals surface area contributed by atoms with Crippen molar-refractivity contribution in [2.75, 3.05) is 17.2 Å². The van der Waals surface area contributed by atoms with Crippen LogP contribution in [0.2, 0.25) is 0 Å². The SMILES string of the molecule is CC1CCN(C(=O)CSc2nnnn2Cc2ccco2)c2ccccc2S1. The Morgan fingerprint density at radius 1 is 1.33 bits per heavy atom. The minimum absolute atomic E-state index is 0.0645. The summed E-state index contributed by atoms with van der Waals surface area (Å²) >= 11 is 3.17. The molecule has 3 heterocycles. The summed E-state index contributed by atoms with van der Waals surface area (Å²) in [7, 11) is 0. The molecule has 1 aliphatic rings. The van der Waals surface area contributed by atoms with Crippen LogP contribution in [0.15, 0.2) is 57.1 Å². The third kappa shape index (κ3) is 4.19. The summed E-state index contributed by atoms with van der Waals surface area (Å²) in [5, 5.41) is 12.8. The number of thioether (sulfide) groups is 2. The number of furan rings is 1. The number of benzene rings is 1. The van der Waals surface area contributed by atoms with Crippen molar-refractivity contribution in [2.45, 2.75) is 35.2 Å². The van der Waals surface area contributed by atoms with Gasteiger partial charge in [0.1, 0.15) is 12.3 Å². The van der Waals surface area contributed by atoms with E-state index in [9.17, 15) is 4.79 Å². The quantitative estimate of drug-likeness (QED) is 0.607. The first kappa shape index (κ1) is 18.1. The third-order valence-electron chi connectivity index (χ3n) is 4.25. The van der Waals surface area contributed by atoms with Gasteiger partial charge in [-0.1, -0.05) is 30.8 Å². The predicted molar refractivity (Wildman–Crippen MR) is 105 cm³/mol. The van der Waals surface area contributed by atoms with Crippen LogP contribution in [0.25, 0.3) is 0 Å². The fraction of sp³-hybridized carbons (Fsp3) is 0.333. The molecule has 0 radical (unpaired) electrons. The molecule has 9 heteroatoms. The number of nitrogens with zero attached hydrogens (tertiary/aromatic N) is 5. The molecular weight excluding hydrogens is 382 g/mol. The van der Waals surface area contributed by atoms with E-state index in [1.54, 1.807) is 10.9 Å². The summed E-state index contributed by atoms with van der Waals surface area (Å²) in [6, 6.07) is 11.8. The number of tetrazole rings is 1. The molecule has 0 saturated carbocycles. The molecule has 0 aliphatic carbocycles. The molecule has 4 rings (SSSR count). The van der Waals surface area contributed by atoms with Gasteiger partial charge >= 0.3 is 0 Å². The third-order valence-corrected chi connectivity index (χ3v) is 6.43. The maximum Gasteiger partial charge on any atom is 0.237 e. The van der Waals surface area contributed by atoms with E-state index in [4.69, 9.17) is 4.42 Å². The van der Waals surface area contributed by atoms with Gasteiger partial charge in [0.2, 0.25) is 11.1 Å². The minimum atomic E-state index is 0.0645. The normalized spacial score (nSPS) is 16.8. The number of carbonyl (C=O) groups excluding carboxylic acids is 1. The average molecular weight is 402 g/mol. The van der Waals surface area contributed by atoms with E-state index in [0.29, 0.717) is 17.0 Å². The highest BCUT2D eigenvalue weighted by atomic mass is 32.2. The van der Waals surface area contributed by atoms with Crippen LogP contribution < -0.4 is 4.90 Å². The number of amides is 1. The Bertz CT molecular complexity index is 912. The van der Waals surface area contributed by atoms with Crippen molar-refractivity contribution in [3.63, 3.8) is 0 Å². The number of para-hydroxylation sites is 1. The van der Waals surface area contributed by atoms with Crippen LogP contribution in [0.3, 0.4) is 0 Å². The summed E-state index contributed by atoms with van der Waals surface area (Å²) in [5.41, 5.74) is 0.993. The van der Waals surface area contributed by atoms with Crippen LogP contribution in [0.1, 0.15) is 19.1 Å². The average Bonchev–Trinajstić information content (AvgIpc) is 3.30. The first-order valence-corrected chi connectivity index (χ1v) is 10.5. The lowest BCUT2D eigenvalue weighted by atomic mass is 10.2. The van der Waals surface area contributed by atoms with Crippen LogP contribution in [0.4, 0.5) is 5.69 Å². The number of rotatable bonds is 5. The van der Waals surface area contributed by atoms with Gasteiger partial charge in [0, 0.05) is 16.7 Å². The first-order chi connectivity index (χ1) is 13.2. The molecule has 27 heavy (non-hydrogen) atoms. The Balaban J connectivity index is 1.45. The molecule has 1 aliphatic heterocycles. The molecule has 1 amide bonds. The minimum Gasteiger partial charge on any atom is -0.467 e. The van der Waals surface area contributed by atoms with Gasteiger partial charge in [0.25, 0.3) is 0 Å². The summed E-state index contributed by atoms with van der Waals surface area (Å²) in [6.45, 7) is 3.37. The lowest BCUT2D eigenvalue weighted by Crippen LogP contribution is -2.33. The number of aromatic nitrogens is 4. The van der Waals surface area contributed by atoms with E-state index in [1.165, 1.54) is 11.8 Å². The molecule has 140 valence electrons. The van der Waals surface area contributed by atoms with Crippen molar-refractivity contribution in [3.8, 4) is 0 Å². The topological polar surface area (TPSA) is 77.1 Å². The van der Waals surface area contributed by atoms with Crippen LogP contribution in [-0.4, -0.2) is 43.7 Å². The van der Waals surface area contributed by atoms with Crippen LogP contribution in [-0.2, 0) is 11.3 Å². The van der Waals surface area contributed by atoms with Gasteiger partial charge in [-0.2, -0.15) is 0 Å². The van der Waals surface area contributed by atoms with Crippen LogP contribution >= 0.6 is 23.5 Å². The molecule has 3 aromatic rings.